The second-order valence-electron chi connectivity index (χ2n) is 3.79. The van der Waals surface area contributed by atoms with Crippen LogP contribution in [0.4, 0.5) is 4.39 Å². The molecule has 7 heteroatoms. The Hall–Kier alpha value is -3.01. The fourth-order valence-corrected chi connectivity index (χ4v) is 1.90. The number of nitrogens with one attached hydrogen (secondary N) is 1. The number of rotatable bonds is 1. The first-order valence-corrected chi connectivity index (χ1v) is 5.33. The van der Waals surface area contributed by atoms with Crippen molar-refractivity contribution in [1.29, 1.82) is 5.26 Å². The highest BCUT2D eigenvalue weighted by Gasteiger charge is 2.17. The van der Waals surface area contributed by atoms with Crippen LogP contribution in [0.5, 0.6) is 0 Å². The van der Waals surface area contributed by atoms with Crippen molar-refractivity contribution in [2.45, 2.75) is 0 Å². The standard InChI is InChI=1S/C12H6FN5O/c13-9-4-2-1-3-7(9)10-8(5-14)11(19)16-12-17-15-6-18(10)12/h1-4,6H,(H,16,17,19). The molecule has 2 aromatic heterocycles. The van der Waals surface area contributed by atoms with Crippen molar-refractivity contribution < 1.29 is 4.39 Å². The van der Waals surface area contributed by atoms with Gasteiger partial charge in [-0.25, -0.2) is 4.39 Å². The fraction of sp³-hybridized carbons (Fsp3) is 0. The maximum atomic E-state index is 13.9. The number of fused-ring (bicyclic) bond motifs is 1. The molecule has 0 aliphatic carbocycles. The molecule has 2 heterocycles. The predicted molar refractivity (Wildman–Crippen MR) is 63.7 cm³/mol. The number of nitrogens with zero attached hydrogens (tertiary/aromatic N) is 4. The summed E-state index contributed by atoms with van der Waals surface area (Å²) in [5.74, 6) is -0.373. The van der Waals surface area contributed by atoms with Gasteiger partial charge in [0.25, 0.3) is 5.56 Å². The summed E-state index contributed by atoms with van der Waals surface area (Å²) in [5.41, 5.74) is -0.516. The molecule has 3 rings (SSSR count). The molecule has 0 radical (unpaired) electrons. The number of H-pyrrole nitrogens is 1. The van der Waals surface area contributed by atoms with E-state index in [0.717, 1.165) is 0 Å². The average Bonchev–Trinajstić information content (AvgIpc) is 2.85. The number of halogens is 1. The van der Waals surface area contributed by atoms with Gasteiger partial charge in [0.15, 0.2) is 0 Å². The molecular weight excluding hydrogens is 249 g/mol. The monoisotopic (exact) mass is 255 g/mol. The zero-order valence-corrected chi connectivity index (χ0v) is 9.46. The SMILES string of the molecule is N#Cc1c(-c2ccccc2F)n2cnnc2[nH]c1=O. The van der Waals surface area contributed by atoms with Crippen molar-refractivity contribution in [1.82, 2.24) is 19.6 Å². The van der Waals surface area contributed by atoms with Crippen LogP contribution in [0.2, 0.25) is 0 Å². The molecule has 0 amide bonds. The van der Waals surface area contributed by atoms with Crippen LogP contribution in [0, 0.1) is 17.1 Å². The second kappa shape index (κ2) is 4.03. The second-order valence-corrected chi connectivity index (χ2v) is 3.79. The lowest BCUT2D eigenvalue weighted by molar-refractivity contribution is 0.630. The van der Waals surface area contributed by atoms with E-state index in [1.807, 2.05) is 0 Å². The maximum absolute atomic E-state index is 13.9. The van der Waals surface area contributed by atoms with E-state index in [1.54, 1.807) is 12.1 Å². The Morgan fingerprint density at radius 3 is 2.89 bits per heavy atom. The number of benzene rings is 1. The first kappa shape index (κ1) is 11.1. The number of nitriles is 1. The minimum atomic E-state index is -0.624. The highest BCUT2D eigenvalue weighted by molar-refractivity contribution is 5.68. The van der Waals surface area contributed by atoms with E-state index < -0.39 is 11.4 Å². The van der Waals surface area contributed by atoms with Crippen molar-refractivity contribution in [2.75, 3.05) is 0 Å². The third kappa shape index (κ3) is 1.58. The van der Waals surface area contributed by atoms with Gasteiger partial charge in [-0.3, -0.25) is 14.2 Å². The van der Waals surface area contributed by atoms with Crippen LogP contribution in [0.15, 0.2) is 35.4 Å². The molecule has 0 saturated carbocycles. The highest BCUT2D eigenvalue weighted by atomic mass is 19.1. The molecule has 0 unspecified atom stereocenters. The van der Waals surface area contributed by atoms with Crippen molar-refractivity contribution in [3.63, 3.8) is 0 Å². The summed E-state index contributed by atoms with van der Waals surface area (Å²) in [6.07, 6.45) is 1.31. The Kier molecular flexibility index (Phi) is 2.35. The normalized spacial score (nSPS) is 10.5. The lowest BCUT2D eigenvalue weighted by Crippen LogP contribution is -2.15. The topological polar surface area (TPSA) is 86.8 Å². The molecule has 0 aliphatic rings. The quantitative estimate of drug-likeness (QED) is 0.705. The van der Waals surface area contributed by atoms with E-state index >= 15 is 0 Å². The molecule has 0 fully saturated rings. The van der Waals surface area contributed by atoms with Crippen molar-refractivity contribution in [3.8, 4) is 17.3 Å². The van der Waals surface area contributed by atoms with Gasteiger partial charge in [-0.15, -0.1) is 10.2 Å². The molecule has 0 bridgehead atoms. The van der Waals surface area contributed by atoms with Gasteiger partial charge in [0.2, 0.25) is 5.78 Å². The summed E-state index contributed by atoms with van der Waals surface area (Å²) >= 11 is 0. The molecule has 6 nitrogen and oxygen atoms in total. The van der Waals surface area contributed by atoms with E-state index in [1.165, 1.54) is 28.9 Å². The summed E-state index contributed by atoms with van der Waals surface area (Å²) in [4.78, 5) is 14.2. The molecule has 0 atom stereocenters. The number of aromatic nitrogens is 4. The van der Waals surface area contributed by atoms with Crippen LogP contribution >= 0.6 is 0 Å². The Balaban J connectivity index is 2.53. The van der Waals surface area contributed by atoms with E-state index in [-0.39, 0.29) is 22.6 Å². The summed E-state index contributed by atoms with van der Waals surface area (Å²) in [6, 6.07) is 7.68. The molecule has 3 aromatic rings. The summed E-state index contributed by atoms with van der Waals surface area (Å²) in [7, 11) is 0. The fourth-order valence-electron chi connectivity index (χ4n) is 1.90. The van der Waals surface area contributed by atoms with E-state index in [2.05, 4.69) is 15.2 Å². The Bertz CT molecular complexity index is 874. The van der Waals surface area contributed by atoms with Crippen molar-refractivity contribution in [2.24, 2.45) is 0 Å². The molecule has 0 saturated heterocycles. The molecular formula is C12H6FN5O. The number of hydrogen-bond acceptors (Lipinski definition) is 4. The van der Waals surface area contributed by atoms with Gasteiger partial charge in [-0.1, -0.05) is 12.1 Å². The summed E-state index contributed by atoms with van der Waals surface area (Å²) in [6.45, 7) is 0. The smallest absolute Gasteiger partial charge is 0.270 e. The zero-order chi connectivity index (χ0) is 13.4. The van der Waals surface area contributed by atoms with Gasteiger partial charge in [0.05, 0.1) is 5.69 Å². The third-order valence-corrected chi connectivity index (χ3v) is 2.72. The molecule has 1 N–H and O–H groups in total. The Labute approximate surface area is 105 Å². The molecule has 0 spiro atoms. The van der Waals surface area contributed by atoms with E-state index in [9.17, 15) is 9.18 Å². The first-order valence-electron chi connectivity index (χ1n) is 5.33. The molecule has 19 heavy (non-hydrogen) atoms. The maximum Gasteiger partial charge on any atom is 0.270 e. The van der Waals surface area contributed by atoms with Crippen LogP contribution in [-0.4, -0.2) is 19.6 Å². The van der Waals surface area contributed by atoms with E-state index in [0.29, 0.717) is 0 Å². The van der Waals surface area contributed by atoms with Gasteiger partial charge in [0, 0.05) is 5.56 Å². The minimum Gasteiger partial charge on any atom is -0.289 e. The van der Waals surface area contributed by atoms with Gasteiger partial charge in [-0.05, 0) is 12.1 Å². The lowest BCUT2D eigenvalue weighted by Gasteiger charge is -2.07. The largest absolute Gasteiger partial charge is 0.289 e. The highest BCUT2D eigenvalue weighted by Crippen LogP contribution is 2.24. The van der Waals surface area contributed by atoms with Crippen molar-refractivity contribution >= 4 is 5.78 Å². The Morgan fingerprint density at radius 1 is 1.37 bits per heavy atom. The average molecular weight is 255 g/mol. The van der Waals surface area contributed by atoms with Crippen LogP contribution in [-0.2, 0) is 0 Å². The van der Waals surface area contributed by atoms with Crippen LogP contribution in [0.1, 0.15) is 5.56 Å². The lowest BCUT2D eigenvalue weighted by atomic mass is 10.1. The Morgan fingerprint density at radius 2 is 2.16 bits per heavy atom. The van der Waals surface area contributed by atoms with E-state index in [4.69, 9.17) is 5.26 Å². The minimum absolute atomic E-state index is 0.143. The van der Waals surface area contributed by atoms with Gasteiger partial charge in [0.1, 0.15) is 23.8 Å². The van der Waals surface area contributed by atoms with Gasteiger partial charge >= 0.3 is 0 Å². The van der Waals surface area contributed by atoms with Crippen LogP contribution in [0.25, 0.3) is 17.0 Å². The zero-order valence-electron chi connectivity index (χ0n) is 9.46. The summed E-state index contributed by atoms with van der Waals surface area (Å²) in [5, 5.41) is 16.4. The molecule has 1 aromatic carbocycles. The van der Waals surface area contributed by atoms with Gasteiger partial charge in [-0.2, -0.15) is 5.26 Å². The molecule has 92 valence electrons. The van der Waals surface area contributed by atoms with Gasteiger partial charge < -0.3 is 0 Å². The number of hydrogen-bond donors (Lipinski definition) is 1. The number of aromatic amines is 1. The first-order chi connectivity index (χ1) is 9.22. The van der Waals surface area contributed by atoms with Crippen LogP contribution in [0.3, 0.4) is 0 Å². The van der Waals surface area contributed by atoms with Crippen LogP contribution < -0.4 is 5.56 Å². The summed E-state index contributed by atoms with van der Waals surface area (Å²) < 4.78 is 15.3. The molecule has 0 aliphatic heterocycles. The third-order valence-electron chi connectivity index (χ3n) is 2.72. The van der Waals surface area contributed by atoms with Crippen molar-refractivity contribution in [3.05, 3.63) is 52.3 Å². The predicted octanol–water partition coefficient (Wildman–Crippen LogP) is 1.10.